The highest BCUT2D eigenvalue weighted by molar-refractivity contribution is 9.10. The smallest absolute Gasteiger partial charge is 0.282 e. The molecule has 0 aliphatic heterocycles. The Morgan fingerprint density at radius 2 is 2.00 bits per heavy atom. The molecule has 172 valence electrons. The second-order valence-corrected chi connectivity index (χ2v) is 10.1. The Kier molecular flexibility index (Phi) is 7.51. The third kappa shape index (κ3) is 5.47. The van der Waals surface area contributed by atoms with Crippen LogP contribution in [0.1, 0.15) is 49.4 Å². The number of nitrogens with zero attached hydrogens (tertiary/aromatic N) is 3. The summed E-state index contributed by atoms with van der Waals surface area (Å²) in [6, 6.07) is 8.88. The van der Waals surface area contributed by atoms with Crippen LogP contribution in [0.5, 0.6) is 5.75 Å². The van der Waals surface area contributed by atoms with Gasteiger partial charge in [-0.2, -0.15) is 9.78 Å². The van der Waals surface area contributed by atoms with E-state index in [-0.39, 0.29) is 23.1 Å². The molecule has 33 heavy (non-hydrogen) atoms. The topological polar surface area (TPSA) is 99.6 Å². The van der Waals surface area contributed by atoms with Crippen LogP contribution in [0.15, 0.2) is 49.2 Å². The maximum Gasteiger partial charge on any atom is 0.282 e. The Labute approximate surface area is 212 Å². The van der Waals surface area contributed by atoms with E-state index in [4.69, 9.17) is 27.1 Å². The molecule has 1 aliphatic rings. The van der Waals surface area contributed by atoms with Crippen molar-refractivity contribution in [2.45, 2.75) is 38.0 Å². The monoisotopic (exact) mass is 594 g/mol. The largest absolute Gasteiger partial charge is 0.481 e. The van der Waals surface area contributed by atoms with E-state index in [2.05, 4.69) is 37.0 Å². The van der Waals surface area contributed by atoms with Gasteiger partial charge in [-0.15, -0.1) is 0 Å². The summed E-state index contributed by atoms with van der Waals surface area (Å²) >= 11 is 13.2. The number of carbonyl (C=O) groups is 1. The number of nitrogens with two attached hydrogens (primary N) is 1. The van der Waals surface area contributed by atoms with Crippen molar-refractivity contribution in [3.05, 3.63) is 66.0 Å². The van der Waals surface area contributed by atoms with Crippen LogP contribution in [-0.4, -0.2) is 28.4 Å². The van der Waals surface area contributed by atoms with Crippen molar-refractivity contribution in [3.63, 3.8) is 0 Å². The van der Waals surface area contributed by atoms with E-state index in [0.717, 1.165) is 30.2 Å². The van der Waals surface area contributed by atoms with Crippen molar-refractivity contribution in [3.8, 4) is 5.75 Å². The Morgan fingerprint density at radius 1 is 1.24 bits per heavy atom. The molecule has 10 heteroatoms. The zero-order valence-electron chi connectivity index (χ0n) is 17.6. The fourth-order valence-corrected chi connectivity index (χ4v) is 5.31. The molecule has 0 atom stereocenters. The van der Waals surface area contributed by atoms with Crippen molar-refractivity contribution in [1.29, 1.82) is 0 Å². The number of fused-ring (bicyclic) bond motifs is 1. The number of amides is 1. The third-order valence-electron chi connectivity index (χ3n) is 5.51. The molecule has 2 aromatic carbocycles. The predicted octanol–water partition coefficient (Wildman–Crippen LogP) is 5.37. The van der Waals surface area contributed by atoms with Crippen molar-refractivity contribution in [2.75, 3.05) is 6.61 Å². The van der Waals surface area contributed by atoms with Crippen molar-refractivity contribution in [2.24, 2.45) is 10.8 Å². The fourth-order valence-electron chi connectivity index (χ4n) is 3.96. The molecule has 0 bridgehead atoms. The Morgan fingerprint density at radius 3 is 2.70 bits per heavy atom. The van der Waals surface area contributed by atoms with Crippen molar-refractivity contribution < 1.29 is 9.53 Å². The van der Waals surface area contributed by atoms with Crippen LogP contribution in [0.2, 0.25) is 5.02 Å². The molecule has 0 saturated heterocycles. The number of halogens is 3. The minimum absolute atomic E-state index is 0.177. The van der Waals surface area contributed by atoms with Gasteiger partial charge >= 0.3 is 0 Å². The van der Waals surface area contributed by atoms with Crippen LogP contribution in [0.25, 0.3) is 10.9 Å². The normalized spacial score (nSPS) is 14.8. The first kappa shape index (κ1) is 23.9. The minimum Gasteiger partial charge on any atom is -0.481 e. The average molecular weight is 597 g/mol. The van der Waals surface area contributed by atoms with Gasteiger partial charge in [-0.1, -0.05) is 46.8 Å². The van der Waals surface area contributed by atoms with Crippen LogP contribution >= 0.6 is 43.5 Å². The quantitative estimate of drug-likeness (QED) is 0.387. The van der Waals surface area contributed by atoms with E-state index in [1.165, 1.54) is 11.1 Å². The van der Waals surface area contributed by atoms with Crippen LogP contribution in [-0.2, 0) is 4.79 Å². The molecule has 1 aromatic heterocycles. The van der Waals surface area contributed by atoms with E-state index in [9.17, 15) is 9.59 Å². The van der Waals surface area contributed by atoms with Crippen LogP contribution in [0, 0.1) is 0 Å². The highest BCUT2D eigenvalue weighted by Crippen LogP contribution is 2.34. The lowest BCUT2D eigenvalue weighted by Crippen LogP contribution is -2.25. The zero-order valence-corrected chi connectivity index (χ0v) is 21.5. The van der Waals surface area contributed by atoms with Crippen molar-refractivity contribution in [1.82, 2.24) is 9.66 Å². The zero-order chi connectivity index (χ0) is 23.5. The first-order valence-corrected chi connectivity index (χ1v) is 12.5. The number of aromatic nitrogens is 2. The molecule has 1 amide bonds. The van der Waals surface area contributed by atoms with E-state index in [1.807, 2.05) is 12.1 Å². The molecule has 1 fully saturated rings. The van der Waals surface area contributed by atoms with Crippen LogP contribution < -0.4 is 16.0 Å². The predicted molar refractivity (Wildman–Crippen MR) is 136 cm³/mol. The summed E-state index contributed by atoms with van der Waals surface area (Å²) in [5, 5.41) is 5.30. The lowest BCUT2D eigenvalue weighted by atomic mass is 9.88. The summed E-state index contributed by atoms with van der Waals surface area (Å²) in [6.45, 7) is -0.287. The molecular weight excluding hydrogens is 576 g/mol. The molecule has 2 N–H and O–H groups in total. The summed E-state index contributed by atoms with van der Waals surface area (Å²) in [5.74, 6) is 0.562. The lowest BCUT2D eigenvalue weighted by Gasteiger charge is -2.22. The third-order valence-corrected chi connectivity index (χ3v) is 6.87. The first-order chi connectivity index (χ1) is 15.8. The number of ether oxygens (including phenoxy) is 1. The molecule has 3 aromatic rings. The Bertz CT molecular complexity index is 1280. The van der Waals surface area contributed by atoms with E-state index >= 15 is 0 Å². The summed E-state index contributed by atoms with van der Waals surface area (Å²) in [7, 11) is 0. The number of rotatable bonds is 6. The maximum atomic E-state index is 13.4. The van der Waals surface area contributed by atoms with Gasteiger partial charge in [0.2, 0.25) is 0 Å². The summed E-state index contributed by atoms with van der Waals surface area (Å²) in [5.41, 5.74) is 6.23. The van der Waals surface area contributed by atoms with E-state index in [0.29, 0.717) is 32.5 Å². The maximum absolute atomic E-state index is 13.4. The van der Waals surface area contributed by atoms with Gasteiger partial charge in [-0.25, -0.2) is 4.98 Å². The van der Waals surface area contributed by atoms with Gasteiger partial charge in [0, 0.05) is 10.4 Å². The average Bonchev–Trinajstić information content (AvgIpc) is 2.78. The minimum atomic E-state index is -0.603. The summed E-state index contributed by atoms with van der Waals surface area (Å²) in [6.07, 6.45) is 6.94. The molecule has 1 heterocycles. The van der Waals surface area contributed by atoms with Gasteiger partial charge in [0.25, 0.3) is 11.5 Å². The number of benzene rings is 2. The number of hydrogen-bond donors (Lipinski definition) is 1. The molecule has 1 aliphatic carbocycles. The van der Waals surface area contributed by atoms with Gasteiger partial charge in [-0.05, 0) is 64.7 Å². The Balaban J connectivity index is 1.76. The highest BCUT2D eigenvalue weighted by atomic mass is 79.9. The second kappa shape index (κ2) is 10.4. The molecule has 0 unspecified atom stereocenters. The first-order valence-electron chi connectivity index (χ1n) is 10.5. The molecule has 1 saturated carbocycles. The number of hydrogen-bond acceptors (Lipinski definition) is 5. The fraction of sp³-hybridized carbons (Fsp3) is 0.304. The highest BCUT2D eigenvalue weighted by Gasteiger charge is 2.22. The number of carbonyl (C=O) groups excluding carboxylic acids is 1. The van der Waals surface area contributed by atoms with Crippen molar-refractivity contribution >= 4 is 66.5 Å². The SMILES string of the molecule is NC(=O)COc1c(Cl)cc(C=Nn2c(C3CCCCC3)nc3ccc(Br)cc3c2=O)cc1Br. The van der Waals surface area contributed by atoms with Crippen LogP contribution in [0.3, 0.4) is 0 Å². The molecule has 0 spiro atoms. The van der Waals surface area contributed by atoms with E-state index < -0.39 is 5.91 Å². The molecule has 0 radical (unpaired) electrons. The summed E-state index contributed by atoms with van der Waals surface area (Å²) in [4.78, 5) is 29.2. The summed E-state index contributed by atoms with van der Waals surface area (Å²) < 4.78 is 8.11. The second-order valence-electron chi connectivity index (χ2n) is 7.90. The van der Waals surface area contributed by atoms with Gasteiger partial charge in [0.1, 0.15) is 5.82 Å². The lowest BCUT2D eigenvalue weighted by molar-refractivity contribution is -0.119. The van der Waals surface area contributed by atoms with Gasteiger partial charge < -0.3 is 10.5 Å². The number of primary amides is 1. The van der Waals surface area contributed by atoms with E-state index in [1.54, 1.807) is 24.4 Å². The molecule has 4 rings (SSSR count). The standard InChI is InChI=1S/C23H21Br2ClN4O3/c24-15-6-7-19-16(10-15)23(32)30(22(29-19)14-4-2-1-3-5-14)28-11-13-8-17(25)21(18(26)9-13)33-12-20(27)31/h6-11,14H,1-5,12H2,(H2,27,31). The molecular formula is C23H21Br2ClN4O3. The van der Waals surface area contributed by atoms with Crippen LogP contribution in [0.4, 0.5) is 0 Å². The van der Waals surface area contributed by atoms with Gasteiger partial charge in [0.15, 0.2) is 12.4 Å². The Hall–Kier alpha value is -2.23. The van der Waals surface area contributed by atoms with Gasteiger partial charge in [-0.3, -0.25) is 9.59 Å². The molecule has 7 nitrogen and oxygen atoms in total. The van der Waals surface area contributed by atoms with Gasteiger partial charge in [0.05, 0.1) is 26.6 Å².